The molecule has 0 heterocycles. The first-order chi connectivity index (χ1) is 15.5. The minimum atomic E-state index is -0.533. The van der Waals surface area contributed by atoms with Crippen LogP contribution >= 0.6 is 11.6 Å². The fourth-order valence-corrected chi connectivity index (χ4v) is 4.57. The van der Waals surface area contributed by atoms with Crippen LogP contribution in [0.15, 0.2) is 48.5 Å². The van der Waals surface area contributed by atoms with Crippen LogP contribution in [-0.2, 0) is 22.6 Å². The van der Waals surface area contributed by atoms with Crippen molar-refractivity contribution in [1.82, 2.24) is 10.2 Å². The third-order valence-electron chi connectivity index (χ3n) is 6.07. The van der Waals surface area contributed by atoms with E-state index in [9.17, 15) is 9.59 Å². The van der Waals surface area contributed by atoms with Gasteiger partial charge in [0.25, 0.3) is 0 Å². The molecule has 1 aliphatic carbocycles. The van der Waals surface area contributed by atoms with Gasteiger partial charge in [-0.15, -0.1) is 0 Å². The molecule has 1 saturated carbocycles. The number of hydrogen-bond acceptors (Lipinski definition) is 3. The Kier molecular flexibility index (Phi) is 8.98. The summed E-state index contributed by atoms with van der Waals surface area (Å²) in [6.45, 7) is 2.30. The first kappa shape index (κ1) is 24.1. The van der Waals surface area contributed by atoms with Crippen LogP contribution in [0.1, 0.15) is 56.6 Å². The fourth-order valence-electron chi connectivity index (χ4n) is 4.35. The maximum atomic E-state index is 13.5. The van der Waals surface area contributed by atoms with Crippen LogP contribution < -0.4 is 10.1 Å². The monoisotopic (exact) mass is 456 g/mol. The highest BCUT2D eigenvalue weighted by atomic mass is 35.5. The highest BCUT2D eigenvalue weighted by Crippen LogP contribution is 2.21. The third-order valence-corrected chi connectivity index (χ3v) is 6.30. The van der Waals surface area contributed by atoms with Crippen molar-refractivity contribution >= 4 is 23.4 Å². The average Bonchev–Trinajstić information content (AvgIpc) is 2.79. The van der Waals surface area contributed by atoms with Crippen LogP contribution in [0.25, 0.3) is 0 Å². The summed E-state index contributed by atoms with van der Waals surface area (Å²) in [6, 6.07) is 14.6. The molecule has 0 aromatic heterocycles. The van der Waals surface area contributed by atoms with Crippen LogP contribution in [0.2, 0.25) is 5.02 Å². The Morgan fingerprint density at radius 2 is 1.81 bits per heavy atom. The smallest absolute Gasteiger partial charge is 0.243 e. The van der Waals surface area contributed by atoms with Gasteiger partial charge in [0.05, 0.1) is 13.5 Å². The van der Waals surface area contributed by atoms with E-state index >= 15 is 0 Å². The lowest BCUT2D eigenvalue weighted by Crippen LogP contribution is -2.51. The zero-order chi connectivity index (χ0) is 22.9. The second kappa shape index (κ2) is 11.9. The standard InChI is InChI=1S/C26H33ClN2O3/c1-3-24(26(31)28-22-12-5-4-6-13-22)29(18-20-10-8-14-23(16-20)32-2)25(30)17-19-9-7-11-21(27)15-19/h7-11,14-16,22,24H,3-6,12-13,17-18H2,1-2H3,(H,28,31)/t24-/m1/s1. The Morgan fingerprint density at radius 3 is 2.50 bits per heavy atom. The fraction of sp³-hybridized carbons (Fsp3) is 0.462. The quantitative estimate of drug-likeness (QED) is 0.567. The third kappa shape index (κ3) is 6.73. The lowest BCUT2D eigenvalue weighted by molar-refractivity contribution is -0.141. The van der Waals surface area contributed by atoms with Crippen LogP contribution in [0.4, 0.5) is 0 Å². The summed E-state index contributed by atoms with van der Waals surface area (Å²) in [5.74, 6) is 0.562. The Balaban J connectivity index is 1.82. The summed E-state index contributed by atoms with van der Waals surface area (Å²) in [6.07, 6.45) is 6.26. The lowest BCUT2D eigenvalue weighted by atomic mass is 9.95. The molecule has 1 N–H and O–H groups in total. The molecule has 2 aromatic carbocycles. The molecule has 1 atom stereocenters. The van der Waals surface area contributed by atoms with Crippen LogP contribution in [0.5, 0.6) is 5.75 Å². The van der Waals surface area contributed by atoms with E-state index in [1.54, 1.807) is 24.1 Å². The van der Waals surface area contributed by atoms with Gasteiger partial charge in [-0.2, -0.15) is 0 Å². The van der Waals surface area contributed by atoms with Crippen molar-refractivity contribution in [3.63, 3.8) is 0 Å². The second-order valence-corrected chi connectivity index (χ2v) is 8.88. The zero-order valence-corrected chi connectivity index (χ0v) is 19.7. The number of halogens is 1. The van der Waals surface area contributed by atoms with E-state index in [-0.39, 0.29) is 24.3 Å². The molecule has 1 aliphatic rings. The first-order valence-corrected chi connectivity index (χ1v) is 11.8. The van der Waals surface area contributed by atoms with E-state index in [1.807, 2.05) is 43.3 Å². The van der Waals surface area contributed by atoms with Crippen LogP contribution in [0.3, 0.4) is 0 Å². The molecule has 0 radical (unpaired) electrons. The summed E-state index contributed by atoms with van der Waals surface area (Å²) >= 11 is 6.12. The number of nitrogens with zero attached hydrogens (tertiary/aromatic N) is 1. The molecule has 2 aromatic rings. The predicted octanol–water partition coefficient (Wildman–Crippen LogP) is 5.15. The number of amides is 2. The van der Waals surface area contributed by atoms with Gasteiger partial charge in [0.1, 0.15) is 11.8 Å². The Morgan fingerprint density at radius 1 is 1.09 bits per heavy atom. The number of ether oxygens (including phenoxy) is 1. The molecule has 0 spiro atoms. The molecule has 1 fully saturated rings. The van der Waals surface area contributed by atoms with Crippen molar-refractivity contribution in [3.05, 3.63) is 64.7 Å². The molecule has 0 unspecified atom stereocenters. The molecule has 3 rings (SSSR count). The highest BCUT2D eigenvalue weighted by molar-refractivity contribution is 6.30. The van der Waals surface area contributed by atoms with E-state index in [4.69, 9.17) is 16.3 Å². The van der Waals surface area contributed by atoms with Gasteiger partial charge in [-0.25, -0.2) is 0 Å². The van der Waals surface area contributed by atoms with Gasteiger partial charge in [0.2, 0.25) is 11.8 Å². The van der Waals surface area contributed by atoms with Crippen molar-refractivity contribution in [1.29, 1.82) is 0 Å². The molecular formula is C26H33ClN2O3. The Bertz CT molecular complexity index is 911. The topological polar surface area (TPSA) is 58.6 Å². The molecule has 32 heavy (non-hydrogen) atoms. The molecule has 172 valence electrons. The molecule has 2 amide bonds. The van der Waals surface area contributed by atoms with Crippen molar-refractivity contribution in [2.75, 3.05) is 7.11 Å². The van der Waals surface area contributed by atoms with Crippen molar-refractivity contribution in [2.24, 2.45) is 0 Å². The summed E-state index contributed by atoms with van der Waals surface area (Å²) in [5, 5.41) is 3.80. The van der Waals surface area contributed by atoms with Crippen LogP contribution in [0, 0.1) is 0 Å². The maximum absolute atomic E-state index is 13.5. The normalized spacial score (nSPS) is 15.1. The largest absolute Gasteiger partial charge is 0.497 e. The highest BCUT2D eigenvalue weighted by Gasteiger charge is 2.30. The minimum absolute atomic E-state index is 0.0678. The molecule has 0 saturated heterocycles. The van der Waals surface area contributed by atoms with Gasteiger partial charge in [-0.1, -0.05) is 62.1 Å². The van der Waals surface area contributed by atoms with E-state index in [1.165, 1.54) is 6.42 Å². The predicted molar refractivity (Wildman–Crippen MR) is 128 cm³/mol. The maximum Gasteiger partial charge on any atom is 0.243 e. The number of nitrogens with one attached hydrogen (secondary N) is 1. The second-order valence-electron chi connectivity index (χ2n) is 8.45. The number of methoxy groups -OCH3 is 1. The zero-order valence-electron chi connectivity index (χ0n) is 19.0. The Hall–Kier alpha value is -2.53. The minimum Gasteiger partial charge on any atom is -0.497 e. The number of benzene rings is 2. The summed E-state index contributed by atoms with van der Waals surface area (Å²) in [7, 11) is 1.62. The van der Waals surface area contributed by atoms with Crippen molar-refractivity contribution in [2.45, 2.75) is 70.5 Å². The van der Waals surface area contributed by atoms with E-state index in [2.05, 4.69) is 5.32 Å². The number of carbonyl (C=O) groups is 2. The molecule has 0 bridgehead atoms. The summed E-state index contributed by atoms with van der Waals surface area (Å²) in [5.41, 5.74) is 1.76. The van der Waals surface area contributed by atoms with Gasteiger partial charge in [-0.05, 0) is 54.7 Å². The summed E-state index contributed by atoms with van der Waals surface area (Å²) in [4.78, 5) is 28.4. The van der Waals surface area contributed by atoms with E-state index in [0.29, 0.717) is 18.0 Å². The molecule has 0 aliphatic heterocycles. The van der Waals surface area contributed by atoms with Gasteiger partial charge in [0.15, 0.2) is 0 Å². The van der Waals surface area contributed by atoms with E-state index in [0.717, 1.165) is 42.6 Å². The lowest BCUT2D eigenvalue weighted by Gasteiger charge is -2.33. The van der Waals surface area contributed by atoms with Gasteiger partial charge < -0.3 is 15.0 Å². The van der Waals surface area contributed by atoms with Gasteiger partial charge >= 0.3 is 0 Å². The number of carbonyl (C=O) groups excluding carboxylic acids is 2. The van der Waals surface area contributed by atoms with Crippen molar-refractivity contribution < 1.29 is 14.3 Å². The SMILES string of the molecule is CC[C@H](C(=O)NC1CCCCC1)N(Cc1cccc(OC)c1)C(=O)Cc1cccc(Cl)c1. The van der Waals surface area contributed by atoms with Gasteiger partial charge in [-0.3, -0.25) is 9.59 Å². The number of rotatable bonds is 9. The molecule has 5 nitrogen and oxygen atoms in total. The Labute approximate surface area is 196 Å². The molecular weight excluding hydrogens is 424 g/mol. The first-order valence-electron chi connectivity index (χ1n) is 11.5. The van der Waals surface area contributed by atoms with Gasteiger partial charge in [0, 0.05) is 17.6 Å². The van der Waals surface area contributed by atoms with Crippen molar-refractivity contribution in [3.8, 4) is 5.75 Å². The molecule has 6 heteroatoms. The van der Waals surface area contributed by atoms with E-state index < -0.39 is 6.04 Å². The summed E-state index contributed by atoms with van der Waals surface area (Å²) < 4.78 is 5.34. The average molecular weight is 457 g/mol. The number of hydrogen-bond donors (Lipinski definition) is 1. The van der Waals surface area contributed by atoms with Crippen LogP contribution in [-0.4, -0.2) is 35.9 Å².